The molecular formula is C13H26N2O3. The zero-order chi connectivity index (χ0) is 14.1. The van der Waals surface area contributed by atoms with Gasteiger partial charge >= 0.3 is 12.0 Å². The molecule has 0 fully saturated rings. The van der Waals surface area contributed by atoms with E-state index in [0.717, 1.165) is 12.8 Å². The summed E-state index contributed by atoms with van der Waals surface area (Å²) >= 11 is 0. The van der Waals surface area contributed by atoms with Gasteiger partial charge in [0, 0.05) is 13.1 Å². The molecule has 2 N–H and O–H groups in total. The smallest absolute Gasteiger partial charge is 0.326 e. The van der Waals surface area contributed by atoms with Crippen LogP contribution in [0.5, 0.6) is 0 Å². The SMILES string of the molecule is CCCN(CCC)C(=O)NC(CC(C)C)C(=O)O. The van der Waals surface area contributed by atoms with Crippen molar-refractivity contribution in [2.45, 2.75) is 53.0 Å². The molecule has 18 heavy (non-hydrogen) atoms. The summed E-state index contributed by atoms with van der Waals surface area (Å²) in [5, 5.41) is 11.7. The summed E-state index contributed by atoms with van der Waals surface area (Å²) in [6.07, 6.45) is 2.19. The van der Waals surface area contributed by atoms with Gasteiger partial charge in [-0.1, -0.05) is 27.7 Å². The second kappa shape index (κ2) is 8.78. The monoisotopic (exact) mass is 258 g/mol. The molecule has 0 aromatic carbocycles. The van der Waals surface area contributed by atoms with Gasteiger partial charge in [0.1, 0.15) is 6.04 Å². The van der Waals surface area contributed by atoms with Crippen molar-refractivity contribution in [2.75, 3.05) is 13.1 Å². The molecule has 0 aromatic rings. The van der Waals surface area contributed by atoms with E-state index in [1.54, 1.807) is 4.90 Å². The van der Waals surface area contributed by atoms with E-state index >= 15 is 0 Å². The Morgan fingerprint density at radius 2 is 1.67 bits per heavy atom. The number of amides is 2. The molecule has 5 heteroatoms. The first-order valence-electron chi connectivity index (χ1n) is 6.70. The van der Waals surface area contributed by atoms with Crippen LogP contribution < -0.4 is 5.32 Å². The third-order valence-corrected chi connectivity index (χ3v) is 2.58. The Labute approximate surface area is 110 Å². The zero-order valence-electron chi connectivity index (χ0n) is 11.9. The van der Waals surface area contributed by atoms with E-state index in [4.69, 9.17) is 5.11 Å². The number of rotatable bonds is 8. The largest absolute Gasteiger partial charge is 0.480 e. The van der Waals surface area contributed by atoms with Crippen LogP contribution in [0.1, 0.15) is 47.0 Å². The third-order valence-electron chi connectivity index (χ3n) is 2.58. The van der Waals surface area contributed by atoms with Crippen molar-refractivity contribution < 1.29 is 14.7 Å². The maximum Gasteiger partial charge on any atom is 0.326 e. The number of carbonyl (C=O) groups is 2. The molecular weight excluding hydrogens is 232 g/mol. The van der Waals surface area contributed by atoms with Crippen molar-refractivity contribution in [1.82, 2.24) is 10.2 Å². The van der Waals surface area contributed by atoms with Crippen LogP contribution in [0.25, 0.3) is 0 Å². The molecule has 0 saturated heterocycles. The molecule has 0 bridgehead atoms. The van der Waals surface area contributed by atoms with Gasteiger partial charge in [0.05, 0.1) is 0 Å². The van der Waals surface area contributed by atoms with Crippen LogP contribution in [0.2, 0.25) is 0 Å². The summed E-state index contributed by atoms with van der Waals surface area (Å²) in [5.74, 6) is -0.734. The fraction of sp³-hybridized carbons (Fsp3) is 0.846. The van der Waals surface area contributed by atoms with Gasteiger partial charge < -0.3 is 15.3 Å². The van der Waals surface area contributed by atoms with Crippen LogP contribution in [0.15, 0.2) is 0 Å². The highest BCUT2D eigenvalue weighted by Gasteiger charge is 2.23. The second-order valence-electron chi connectivity index (χ2n) is 4.96. The molecule has 0 saturated carbocycles. The van der Waals surface area contributed by atoms with Crippen LogP contribution >= 0.6 is 0 Å². The predicted molar refractivity (Wildman–Crippen MR) is 71.6 cm³/mol. The molecule has 1 unspecified atom stereocenters. The fourth-order valence-corrected chi connectivity index (χ4v) is 1.79. The highest BCUT2D eigenvalue weighted by Crippen LogP contribution is 2.06. The summed E-state index contributed by atoms with van der Waals surface area (Å²) in [4.78, 5) is 24.7. The van der Waals surface area contributed by atoms with E-state index < -0.39 is 12.0 Å². The minimum atomic E-state index is -0.968. The molecule has 0 spiro atoms. The molecule has 0 radical (unpaired) electrons. The topological polar surface area (TPSA) is 69.6 Å². The molecule has 0 heterocycles. The van der Waals surface area contributed by atoms with Crippen molar-refractivity contribution in [3.63, 3.8) is 0 Å². The van der Waals surface area contributed by atoms with Crippen molar-refractivity contribution >= 4 is 12.0 Å². The van der Waals surface area contributed by atoms with Crippen LogP contribution in [0.3, 0.4) is 0 Å². The maximum atomic E-state index is 12.0. The maximum absolute atomic E-state index is 12.0. The predicted octanol–water partition coefficient (Wildman–Crippen LogP) is 2.32. The van der Waals surface area contributed by atoms with Crippen LogP contribution in [-0.4, -0.2) is 41.1 Å². The van der Waals surface area contributed by atoms with Gasteiger partial charge in [0.2, 0.25) is 0 Å². The summed E-state index contributed by atoms with van der Waals surface area (Å²) in [7, 11) is 0. The van der Waals surface area contributed by atoms with Crippen LogP contribution in [-0.2, 0) is 4.79 Å². The van der Waals surface area contributed by atoms with Crippen molar-refractivity contribution in [2.24, 2.45) is 5.92 Å². The summed E-state index contributed by atoms with van der Waals surface area (Å²) in [5.41, 5.74) is 0. The van der Waals surface area contributed by atoms with Gasteiger partial charge in [0.25, 0.3) is 0 Å². The Kier molecular flexibility index (Phi) is 8.16. The average molecular weight is 258 g/mol. The summed E-state index contributed by atoms with van der Waals surface area (Å²) < 4.78 is 0. The Morgan fingerprint density at radius 3 is 2.00 bits per heavy atom. The Hall–Kier alpha value is -1.26. The molecule has 1 atom stereocenters. The number of nitrogens with one attached hydrogen (secondary N) is 1. The Bertz CT molecular complexity index is 261. The molecule has 0 aliphatic rings. The first-order valence-corrected chi connectivity index (χ1v) is 6.70. The van der Waals surface area contributed by atoms with E-state index in [0.29, 0.717) is 19.5 Å². The minimum absolute atomic E-state index is 0.234. The van der Waals surface area contributed by atoms with E-state index in [9.17, 15) is 9.59 Å². The van der Waals surface area contributed by atoms with E-state index in [2.05, 4.69) is 5.32 Å². The zero-order valence-corrected chi connectivity index (χ0v) is 11.9. The van der Waals surface area contributed by atoms with E-state index in [1.807, 2.05) is 27.7 Å². The fourth-order valence-electron chi connectivity index (χ4n) is 1.79. The standard InChI is InChI=1S/C13H26N2O3/c1-5-7-15(8-6-2)13(18)14-11(12(16)17)9-10(3)4/h10-11H,5-9H2,1-4H3,(H,14,18)(H,16,17). The lowest BCUT2D eigenvalue weighted by molar-refractivity contribution is -0.139. The first-order chi connectivity index (χ1) is 8.42. The molecule has 0 aliphatic heterocycles. The van der Waals surface area contributed by atoms with E-state index in [1.165, 1.54) is 0 Å². The highest BCUT2D eigenvalue weighted by atomic mass is 16.4. The molecule has 2 amide bonds. The van der Waals surface area contributed by atoms with Gasteiger partial charge in [-0.3, -0.25) is 0 Å². The molecule has 0 rings (SSSR count). The average Bonchev–Trinajstić information content (AvgIpc) is 2.27. The second-order valence-corrected chi connectivity index (χ2v) is 4.96. The van der Waals surface area contributed by atoms with Crippen LogP contribution in [0.4, 0.5) is 4.79 Å². The van der Waals surface area contributed by atoms with Gasteiger partial charge in [-0.05, 0) is 25.2 Å². The lowest BCUT2D eigenvalue weighted by atomic mass is 10.0. The van der Waals surface area contributed by atoms with Gasteiger partial charge in [0.15, 0.2) is 0 Å². The third kappa shape index (κ3) is 6.47. The summed E-state index contributed by atoms with van der Waals surface area (Å²) in [6, 6.07) is -1.07. The number of aliphatic carboxylic acids is 1. The van der Waals surface area contributed by atoms with Gasteiger partial charge in [-0.2, -0.15) is 0 Å². The Morgan fingerprint density at radius 1 is 1.17 bits per heavy atom. The number of carbonyl (C=O) groups excluding carboxylic acids is 1. The number of carboxylic acids is 1. The number of hydrogen-bond acceptors (Lipinski definition) is 2. The highest BCUT2D eigenvalue weighted by molar-refractivity contribution is 5.82. The Balaban J connectivity index is 4.49. The molecule has 0 aliphatic carbocycles. The van der Waals surface area contributed by atoms with Crippen LogP contribution in [0, 0.1) is 5.92 Å². The van der Waals surface area contributed by atoms with E-state index in [-0.39, 0.29) is 11.9 Å². The molecule has 0 aromatic heterocycles. The number of hydrogen-bond donors (Lipinski definition) is 2. The lowest BCUT2D eigenvalue weighted by Crippen LogP contribution is -2.48. The molecule has 5 nitrogen and oxygen atoms in total. The van der Waals surface area contributed by atoms with Crippen molar-refractivity contribution in [3.05, 3.63) is 0 Å². The van der Waals surface area contributed by atoms with Crippen molar-refractivity contribution in [1.29, 1.82) is 0 Å². The van der Waals surface area contributed by atoms with Crippen molar-refractivity contribution in [3.8, 4) is 0 Å². The number of carboxylic acid groups (broad SMARTS) is 1. The van der Waals surface area contributed by atoms with Gasteiger partial charge in [-0.25, -0.2) is 9.59 Å². The number of nitrogens with zero attached hydrogens (tertiary/aromatic N) is 1. The van der Waals surface area contributed by atoms with Gasteiger partial charge in [-0.15, -0.1) is 0 Å². The normalized spacial score (nSPS) is 12.3. The minimum Gasteiger partial charge on any atom is -0.480 e. The first kappa shape index (κ1) is 16.7. The lowest BCUT2D eigenvalue weighted by Gasteiger charge is -2.25. The quantitative estimate of drug-likeness (QED) is 0.702. The summed E-state index contributed by atoms with van der Waals surface area (Å²) in [6.45, 7) is 9.20. The molecule has 106 valence electrons. The number of urea groups is 1.